The van der Waals surface area contributed by atoms with Crippen molar-refractivity contribution in [1.29, 1.82) is 0 Å². The van der Waals surface area contributed by atoms with Gasteiger partial charge in [-0.2, -0.15) is 13.2 Å². The second-order valence-corrected chi connectivity index (χ2v) is 6.89. The zero-order valence-electron chi connectivity index (χ0n) is 16.7. The first-order chi connectivity index (χ1) is 14.2. The molecule has 2 atom stereocenters. The Morgan fingerprint density at radius 2 is 1.87 bits per heavy atom. The molecular formula is C21H22F3N3O3. The van der Waals surface area contributed by atoms with Gasteiger partial charge in [0.1, 0.15) is 0 Å². The molecule has 3 aromatic rings. The molecule has 0 fully saturated rings. The van der Waals surface area contributed by atoms with Crippen LogP contribution in [0.4, 0.5) is 18.9 Å². The first-order valence-electron chi connectivity index (χ1n) is 9.10. The predicted molar refractivity (Wildman–Crippen MR) is 107 cm³/mol. The summed E-state index contributed by atoms with van der Waals surface area (Å²) in [5.41, 5.74) is -1.32. The fourth-order valence-electron chi connectivity index (χ4n) is 3.25. The molecule has 0 aliphatic carbocycles. The van der Waals surface area contributed by atoms with E-state index < -0.39 is 24.4 Å². The average Bonchev–Trinajstić information content (AvgIpc) is 2.71. The van der Waals surface area contributed by atoms with Crippen LogP contribution in [0.3, 0.4) is 0 Å². The number of benzene rings is 1. The lowest BCUT2D eigenvalue weighted by atomic mass is 9.88. The van der Waals surface area contributed by atoms with Crippen molar-refractivity contribution in [3.63, 3.8) is 0 Å². The van der Waals surface area contributed by atoms with Gasteiger partial charge >= 0.3 is 6.18 Å². The zero-order valence-corrected chi connectivity index (χ0v) is 16.7. The van der Waals surface area contributed by atoms with Crippen LogP contribution in [-0.4, -0.2) is 47.7 Å². The molecule has 2 heterocycles. The van der Waals surface area contributed by atoms with Crippen molar-refractivity contribution < 1.29 is 27.8 Å². The molecule has 2 N–H and O–H groups in total. The number of aryl methyl sites for hydroxylation is 1. The van der Waals surface area contributed by atoms with Gasteiger partial charge in [-0.25, -0.2) is 4.98 Å². The Labute approximate surface area is 171 Å². The minimum absolute atomic E-state index is 0.116. The number of nitrogens with zero attached hydrogens (tertiary/aromatic N) is 2. The summed E-state index contributed by atoms with van der Waals surface area (Å²) in [6.45, 7) is 0.856. The summed E-state index contributed by atoms with van der Waals surface area (Å²) in [6, 6.07) is 9.86. The van der Waals surface area contributed by atoms with Crippen molar-refractivity contribution in [3.05, 3.63) is 59.9 Å². The molecule has 2 aromatic heterocycles. The Hall–Kier alpha value is -2.91. The van der Waals surface area contributed by atoms with Gasteiger partial charge < -0.3 is 19.9 Å². The molecular weight excluding hydrogens is 399 g/mol. The first kappa shape index (κ1) is 21.8. The van der Waals surface area contributed by atoms with Crippen LogP contribution in [0.2, 0.25) is 0 Å². The van der Waals surface area contributed by atoms with Gasteiger partial charge in [0, 0.05) is 36.1 Å². The van der Waals surface area contributed by atoms with Crippen molar-refractivity contribution in [2.75, 3.05) is 26.1 Å². The number of hydrogen-bond donors (Lipinski definition) is 2. The lowest BCUT2D eigenvalue weighted by Crippen LogP contribution is -2.55. The zero-order chi connectivity index (χ0) is 21.9. The van der Waals surface area contributed by atoms with Crippen LogP contribution in [0, 0.1) is 6.92 Å². The number of hydrogen-bond acceptors (Lipinski definition) is 6. The molecule has 30 heavy (non-hydrogen) atoms. The standard InChI is InChI=1S/C21H22F3N3O3/c1-13-7-9-15-16(26-13)5-4-6-17(15)27-19(14-8-10-18(30-3)25-11-14)20(28,12-29-2)21(22,23)24/h4-11,19,27-28H,12H2,1-3H3. The van der Waals surface area contributed by atoms with E-state index in [-0.39, 0.29) is 11.4 Å². The number of halogens is 3. The lowest BCUT2D eigenvalue weighted by Gasteiger charge is -2.38. The van der Waals surface area contributed by atoms with E-state index in [2.05, 4.69) is 15.3 Å². The second-order valence-electron chi connectivity index (χ2n) is 6.89. The maximum atomic E-state index is 14.0. The molecule has 3 rings (SSSR count). The summed E-state index contributed by atoms with van der Waals surface area (Å²) in [4.78, 5) is 8.40. The number of methoxy groups -OCH3 is 2. The van der Waals surface area contributed by atoms with Gasteiger partial charge in [0.2, 0.25) is 11.5 Å². The van der Waals surface area contributed by atoms with Gasteiger partial charge in [-0.1, -0.05) is 6.07 Å². The van der Waals surface area contributed by atoms with Crippen LogP contribution in [0.5, 0.6) is 5.88 Å². The largest absolute Gasteiger partial charge is 0.481 e. The van der Waals surface area contributed by atoms with Crippen molar-refractivity contribution >= 4 is 16.6 Å². The van der Waals surface area contributed by atoms with Crippen LogP contribution in [0.1, 0.15) is 17.3 Å². The van der Waals surface area contributed by atoms with E-state index in [0.717, 1.165) is 12.8 Å². The van der Waals surface area contributed by atoms with Crippen molar-refractivity contribution in [1.82, 2.24) is 9.97 Å². The Morgan fingerprint density at radius 1 is 1.10 bits per heavy atom. The molecule has 0 radical (unpaired) electrons. The summed E-state index contributed by atoms with van der Waals surface area (Å²) in [7, 11) is 2.50. The highest BCUT2D eigenvalue weighted by atomic mass is 19.4. The molecule has 0 aliphatic rings. The van der Waals surface area contributed by atoms with Gasteiger partial charge in [0.15, 0.2) is 0 Å². The SMILES string of the molecule is COCC(O)(C(Nc1cccc2nc(C)ccc12)c1ccc(OC)nc1)C(F)(F)F. The molecule has 0 spiro atoms. The molecule has 0 aliphatic heterocycles. The molecule has 0 amide bonds. The number of fused-ring (bicyclic) bond motifs is 1. The monoisotopic (exact) mass is 421 g/mol. The summed E-state index contributed by atoms with van der Waals surface area (Å²) >= 11 is 0. The predicted octanol–water partition coefficient (Wildman–Crippen LogP) is 4.04. The first-order valence-corrected chi connectivity index (χ1v) is 9.10. The fraction of sp³-hybridized carbons (Fsp3) is 0.333. The number of ether oxygens (including phenoxy) is 2. The molecule has 160 valence electrons. The van der Waals surface area contributed by atoms with Crippen LogP contribution >= 0.6 is 0 Å². The van der Waals surface area contributed by atoms with E-state index in [9.17, 15) is 18.3 Å². The summed E-state index contributed by atoms with van der Waals surface area (Å²) in [5, 5.41) is 14.3. The van der Waals surface area contributed by atoms with E-state index in [1.807, 2.05) is 6.92 Å². The van der Waals surface area contributed by atoms with E-state index in [1.165, 1.54) is 25.4 Å². The number of aliphatic hydroxyl groups is 1. The molecule has 2 unspecified atom stereocenters. The van der Waals surface area contributed by atoms with Gasteiger partial charge in [-0.15, -0.1) is 0 Å². The molecule has 6 nitrogen and oxygen atoms in total. The van der Waals surface area contributed by atoms with Crippen molar-refractivity contribution in [3.8, 4) is 5.88 Å². The summed E-state index contributed by atoms with van der Waals surface area (Å²) in [6.07, 6.45) is -3.75. The van der Waals surface area contributed by atoms with Crippen LogP contribution in [0.25, 0.3) is 10.9 Å². The molecule has 1 aromatic carbocycles. The van der Waals surface area contributed by atoms with Crippen molar-refractivity contribution in [2.24, 2.45) is 0 Å². The number of alkyl halides is 3. The average molecular weight is 421 g/mol. The Bertz CT molecular complexity index is 1010. The highest BCUT2D eigenvalue weighted by Crippen LogP contribution is 2.43. The van der Waals surface area contributed by atoms with E-state index in [0.29, 0.717) is 16.6 Å². The third-order valence-electron chi connectivity index (χ3n) is 4.81. The topological polar surface area (TPSA) is 76.5 Å². The molecule has 0 saturated carbocycles. The normalized spacial score (nSPS) is 14.9. The number of nitrogens with one attached hydrogen (secondary N) is 1. The highest BCUT2D eigenvalue weighted by Gasteiger charge is 2.59. The lowest BCUT2D eigenvalue weighted by molar-refractivity contribution is -0.279. The quantitative estimate of drug-likeness (QED) is 0.600. The van der Waals surface area contributed by atoms with Crippen LogP contribution in [0.15, 0.2) is 48.7 Å². The van der Waals surface area contributed by atoms with E-state index in [1.54, 1.807) is 30.3 Å². The second kappa shape index (κ2) is 8.45. The maximum Gasteiger partial charge on any atom is 0.421 e. The molecule has 0 saturated heterocycles. The fourth-order valence-corrected chi connectivity index (χ4v) is 3.25. The number of pyridine rings is 2. The van der Waals surface area contributed by atoms with Crippen LogP contribution in [-0.2, 0) is 4.74 Å². The minimum Gasteiger partial charge on any atom is -0.481 e. The third kappa shape index (κ3) is 4.17. The van der Waals surface area contributed by atoms with Gasteiger partial charge in [0.05, 0.1) is 25.3 Å². The third-order valence-corrected chi connectivity index (χ3v) is 4.81. The van der Waals surface area contributed by atoms with Gasteiger partial charge in [-0.3, -0.25) is 4.98 Å². The van der Waals surface area contributed by atoms with E-state index in [4.69, 9.17) is 9.47 Å². The maximum absolute atomic E-state index is 14.0. The Morgan fingerprint density at radius 3 is 2.47 bits per heavy atom. The van der Waals surface area contributed by atoms with Gasteiger partial charge in [0.25, 0.3) is 0 Å². The Balaban J connectivity index is 2.14. The number of aromatic nitrogens is 2. The smallest absolute Gasteiger partial charge is 0.421 e. The number of rotatable bonds is 7. The highest BCUT2D eigenvalue weighted by molar-refractivity contribution is 5.91. The molecule has 0 bridgehead atoms. The minimum atomic E-state index is -4.99. The van der Waals surface area contributed by atoms with E-state index >= 15 is 0 Å². The number of anilines is 1. The summed E-state index contributed by atoms with van der Waals surface area (Å²) in [5.74, 6) is 0.240. The van der Waals surface area contributed by atoms with Crippen molar-refractivity contribution in [2.45, 2.75) is 24.7 Å². The summed E-state index contributed by atoms with van der Waals surface area (Å²) < 4.78 is 51.8. The van der Waals surface area contributed by atoms with Gasteiger partial charge in [-0.05, 0) is 42.8 Å². The van der Waals surface area contributed by atoms with Crippen LogP contribution < -0.4 is 10.1 Å². The molecule has 9 heteroatoms. The Kier molecular flexibility index (Phi) is 6.14.